The number of fused-ring (bicyclic) bond motifs is 1. The molecule has 0 amide bonds. The van der Waals surface area contributed by atoms with Crippen LogP contribution in [0.15, 0.2) is 84.9 Å². The van der Waals surface area contributed by atoms with Crippen molar-refractivity contribution in [2.45, 2.75) is 0 Å². The van der Waals surface area contributed by atoms with E-state index in [1.165, 1.54) is 0 Å². The van der Waals surface area contributed by atoms with Gasteiger partial charge in [-0.05, 0) is 42.5 Å². The van der Waals surface area contributed by atoms with Crippen molar-refractivity contribution >= 4 is 28.8 Å². The second-order valence-electron chi connectivity index (χ2n) is 7.04. The summed E-state index contributed by atoms with van der Waals surface area (Å²) in [6, 6.07) is 27.1. The molecule has 0 N–H and O–H groups in total. The molecule has 0 spiro atoms. The van der Waals surface area contributed by atoms with Gasteiger partial charge in [0, 0.05) is 32.8 Å². The Morgan fingerprint density at radius 1 is 0.742 bits per heavy atom. The monoisotopic (exact) mass is 445 g/mol. The summed E-state index contributed by atoms with van der Waals surface area (Å²) in [6.45, 7) is 0. The second-order valence-corrected chi connectivity index (χ2v) is 7.91. The van der Waals surface area contributed by atoms with Gasteiger partial charge in [-0.15, -0.1) is 0 Å². The molecule has 31 heavy (non-hydrogen) atoms. The van der Waals surface area contributed by atoms with Crippen molar-refractivity contribution in [3.8, 4) is 39.5 Å². The molecule has 0 saturated carbocycles. The van der Waals surface area contributed by atoms with E-state index >= 15 is 0 Å². The summed E-state index contributed by atoms with van der Waals surface area (Å²) in [5.41, 5.74) is 6.12. The molecule has 6 heteroatoms. The molecule has 0 fully saturated rings. The molecule has 0 aliphatic rings. The molecule has 5 aromatic rings. The third-order valence-corrected chi connectivity index (χ3v) is 5.59. The minimum absolute atomic E-state index is 0.684. The fourth-order valence-electron chi connectivity index (χ4n) is 3.55. The number of para-hydroxylation sites is 1. The first-order chi connectivity index (χ1) is 15.1. The number of methoxy groups -OCH3 is 1. The van der Waals surface area contributed by atoms with Gasteiger partial charge in [0.2, 0.25) is 0 Å². The number of nitrogens with zero attached hydrogens (tertiary/aromatic N) is 3. The number of halogens is 2. The predicted molar refractivity (Wildman–Crippen MR) is 126 cm³/mol. The lowest BCUT2D eigenvalue weighted by atomic mass is 10.1. The Kier molecular flexibility index (Phi) is 5.10. The molecule has 0 radical (unpaired) electrons. The Morgan fingerprint density at radius 2 is 1.35 bits per heavy atom. The van der Waals surface area contributed by atoms with Gasteiger partial charge in [0.05, 0.1) is 24.2 Å². The molecule has 3 aromatic carbocycles. The lowest BCUT2D eigenvalue weighted by molar-refractivity contribution is 0.416. The molecule has 5 rings (SSSR count). The normalized spacial score (nSPS) is 11.1. The summed E-state index contributed by atoms with van der Waals surface area (Å²) in [4.78, 5) is 4.87. The summed E-state index contributed by atoms with van der Waals surface area (Å²) in [5.74, 6) is 0.764. The SMILES string of the molecule is COc1ccccc1-c1cc(-c2ccc(Cl)cc2)nc2cc(-c3ccc(Cl)cc3)nn12. The minimum atomic E-state index is 0.684. The third kappa shape index (κ3) is 3.76. The van der Waals surface area contributed by atoms with Crippen LogP contribution >= 0.6 is 23.2 Å². The summed E-state index contributed by atoms with van der Waals surface area (Å²) in [7, 11) is 1.67. The van der Waals surface area contributed by atoms with Crippen LogP contribution in [0.4, 0.5) is 0 Å². The van der Waals surface area contributed by atoms with Gasteiger partial charge >= 0.3 is 0 Å². The minimum Gasteiger partial charge on any atom is -0.496 e. The maximum atomic E-state index is 6.08. The zero-order valence-electron chi connectivity index (χ0n) is 16.6. The maximum absolute atomic E-state index is 6.08. The zero-order valence-corrected chi connectivity index (χ0v) is 18.1. The first kappa shape index (κ1) is 19.6. The van der Waals surface area contributed by atoms with Gasteiger partial charge in [-0.3, -0.25) is 0 Å². The number of ether oxygens (including phenoxy) is 1. The van der Waals surface area contributed by atoms with Crippen molar-refractivity contribution < 1.29 is 4.74 Å². The number of hydrogen-bond acceptors (Lipinski definition) is 3. The van der Waals surface area contributed by atoms with Gasteiger partial charge in [0.1, 0.15) is 5.75 Å². The number of hydrogen-bond donors (Lipinski definition) is 0. The van der Waals surface area contributed by atoms with E-state index in [2.05, 4.69) is 0 Å². The van der Waals surface area contributed by atoms with Gasteiger partial charge in [0.15, 0.2) is 5.65 Å². The molecular formula is C25H17Cl2N3O. The average Bonchev–Trinajstić information content (AvgIpc) is 3.23. The number of benzene rings is 3. The Balaban J connectivity index is 1.77. The lowest BCUT2D eigenvalue weighted by Gasteiger charge is -2.12. The van der Waals surface area contributed by atoms with E-state index in [-0.39, 0.29) is 0 Å². The topological polar surface area (TPSA) is 39.4 Å². The molecule has 0 unspecified atom stereocenters. The summed E-state index contributed by atoms with van der Waals surface area (Å²) < 4.78 is 7.47. The van der Waals surface area contributed by atoms with E-state index in [1.807, 2.05) is 89.4 Å². The molecule has 4 nitrogen and oxygen atoms in total. The third-order valence-electron chi connectivity index (χ3n) is 5.09. The van der Waals surface area contributed by atoms with E-state index in [1.54, 1.807) is 7.11 Å². The van der Waals surface area contributed by atoms with Crippen LogP contribution in [0, 0.1) is 0 Å². The summed E-state index contributed by atoms with van der Waals surface area (Å²) in [6.07, 6.45) is 0. The van der Waals surface area contributed by atoms with Crippen molar-refractivity contribution in [1.82, 2.24) is 14.6 Å². The van der Waals surface area contributed by atoms with E-state index < -0.39 is 0 Å². The second kappa shape index (κ2) is 8.06. The smallest absolute Gasteiger partial charge is 0.156 e. The highest BCUT2D eigenvalue weighted by Gasteiger charge is 2.16. The summed E-state index contributed by atoms with van der Waals surface area (Å²) >= 11 is 12.1. The highest BCUT2D eigenvalue weighted by Crippen LogP contribution is 2.34. The average molecular weight is 446 g/mol. The fraction of sp³-hybridized carbons (Fsp3) is 0.0400. The Bertz CT molecular complexity index is 1380. The molecule has 0 aliphatic heterocycles. The predicted octanol–water partition coefficient (Wildman–Crippen LogP) is 7.05. The van der Waals surface area contributed by atoms with Crippen LogP contribution < -0.4 is 4.74 Å². The largest absolute Gasteiger partial charge is 0.496 e. The van der Waals surface area contributed by atoms with E-state index in [0.717, 1.165) is 45.2 Å². The van der Waals surface area contributed by atoms with Gasteiger partial charge in [-0.25, -0.2) is 9.50 Å². The standard InChI is InChI=1S/C25H17Cl2N3O/c1-31-24-5-3-2-4-20(24)23-14-21(16-6-10-18(26)11-7-16)28-25-15-22(29-30(23)25)17-8-12-19(27)13-9-17/h2-15H,1H3. The van der Waals surface area contributed by atoms with E-state index in [0.29, 0.717) is 10.0 Å². The lowest BCUT2D eigenvalue weighted by Crippen LogP contribution is -2.00. The molecule has 2 aromatic heterocycles. The molecule has 152 valence electrons. The van der Waals surface area contributed by atoms with Crippen LogP contribution in [0.5, 0.6) is 5.75 Å². The Morgan fingerprint density at radius 3 is 2.00 bits per heavy atom. The van der Waals surface area contributed by atoms with Crippen molar-refractivity contribution in [2.24, 2.45) is 0 Å². The Hall–Kier alpha value is -3.34. The first-order valence-corrected chi connectivity index (χ1v) is 10.4. The van der Waals surface area contributed by atoms with Gasteiger partial charge in [-0.2, -0.15) is 5.10 Å². The van der Waals surface area contributed by atoms with Crippen molar-refractivity contribution in [3.05, 3.63) is 95.0 Å². The summed E-state index contributed by atoms with van der Waals surface area (Å²) in [5, 5.41) is 6.22. The highest BCUT2D eigenvalue weighted by atomic mass is 35.5. The molecule has 2 heterocycles. The quantitative estimate of drug-likeness (QED) is 0.297. The molecule has 0 atom stereocenters. The van der Waals surface area contributed by atoms with Crippen LogP contribution in [0.2, 0.25) is 10.0 Å². The van der Waals surface area contributed by atoms with Crippen LogP contribution in [-0.4, -0.2) is 21.7 Å². The van der Waals surface area contributed by atoms with Crippen LogP contribution in [0.25, 0.3) is 39.4 Å². The Labute approximate surface area is 189 Å². The van der Waals surface area contributed by atoms with Crippen molar-refractivity contribution in [2.75, 3.05) is 7.11 Å². The number of aromatic nitrogens is 3. The van der Waals surface area contributed by atoms with E-state index in [4.69, 9.17) is 38.0 Å². The van der Waals surface area contributed by atoms with Gasteiger partial charge < -0.3 is 4.74 Å². The van der Waals surface area contributed by atoms with Gasteiger partial charge in [0.25, 0.3) is 0 Å². The van der Waals surface area contributed by atoms with Gasteiger partial charge in [-0.1, -0.05) is 59.6 Å². The fourth-order valence-corrected chi connectivity index (χ4v) is 3.80. The highest BCUT2D eigenvalue weighted by molar-refractivity contribution is 6.30. The first-order valence-electron chi connectivity index (χ1n) is 9.68. The van der Waals surface area contributed by atoms with Crippen LogP contribution in [0.1, 0.15) is 0 Å². The molecule has 0 saturated heterocycles. The van der Waals surface area contributed by atoms with Crippen molar-refractivity contribution in [1.29, 1.82) is 0 Å². The van der Waals surface area contributed by atoms with E-state index in [9.17, 15) is 0 Å². The molecule has 0 bridgehead atoms. The maximum Gasteiger partial charge on any atom is 0.156 e. The zero-order chi connectivity index (χ0) is 21.4. The van der Waals surface area contributed by atoms with Crippen LogP contribution in [0.3, 0.4) is 0 Å². The van der Waals surface area contributed by atoms with Crippen molar-refractivity contribution in [3.63, 3.8) is 0 Å². The number of rotatable bonds is 4. The molecular weight excluding hydrogens is 429 g/mol. The van der Waals surface area contributed by atoms with Crippen LogP contribution in [-0.2, 0) is 0 Å². The molecule has 0 aliphatic carbocycles.